The van der Waals surface area contributed by atoms with E-state index in [1.807, 2.05) is 36.4 Å². The largest absolute Gasteiger partial charge is 0.497 e. The van der Waals surface area contributed by atoms with Crippen LogP contribution in [0.4, 0.5) is 0 Å². The molecule has 28 heavy (non-hydrogen) atoms. The molecule has 0 bridgehead atoms. The van der Waals surface area contributed by atoms with Crippen molar-refractivity contribution in [3.8, 4) is 5.75 Å². The Morgan fingerprint density at radius 1 is 1.04 bits per heavy atom. The molecule has 0 N–H and O–H groups in total. The molecule has 2 aromatic heterocycles. The minimum atomic E-state index is 0.125. The van der Waals surface area contributed by atoms with Crippen molar-refractivity contribution in [1.29, 1.82) is 0 Å². The van der Waals surface area contributed by atoms with Crippen LogP contribution in [0.15, 0.2) is 60.1 Å². The number of methoxy groups -OCH3 is 1. The van der Waals surface area contributed by atoms with Crippen LogP contribution in [0.5, 0.6) is 5.75 Å². The summed E-state index contributed by atoms with van der Waals surface area (Å²) in [6.45, 7) is 3.45. The van der Waals surface area contributed by atoms with Gasteiger partial charge in [-0.15, -0.1) is 11.3 Å². The van der Waals surface area contributed by atoms with Crippen molar-refractivity contribution in [3.05, 3.63) is 76.2 Å². The van der Waals surface area contributed by atoms with Crippen molar-refractivity contribution in [3.63, 3.8) is 0 Å². The van der Waals surface area contributed by atoms with Crippen LogP contribution < -0.4 is 4.74 Å². The van der Waals surface area contributed by atoms with E-state index in [1.54, 1.807) is 18.4 Å². The highest BCUT2D eigenvalue weighted by Gasteiger charge is 2.44. The van der Waals surface area contributed by atoms with Gasteiger partial charge in [-0.3, -0.25) is 9.69 Å². The lowest BCUT2D eigenvalue weighted by Crippen LogP contribution is -2.49. The zero-order valence-corrected chi connectivity index (χ0v) is 16.6. The summed E-state index contributed by atoms with van der Waals surface area (Å²) in [5.74, 6) is 0.962. The molecule has 4 heterocycles. The predicted molar refractivity (Wildman–Crippen MR) is 110 cm³/mol. The quantitative estimate of drug-likeness (QED) is 0.664. The molecule has 144 valence electrons. The van der Waals surface area contributed by atoms with Gasteiger partial charge in [0, 0.05) is 37.3 Å². The van der Waals surface area contributed by atoms with E-state index in [1.165, 1.54) is 4.88 Å². The Morgan fingerprint density at radius 2 is 1.86 bits per heavy atom. The Kier molecular flexibility index (Phi) is 4.45. The van der Waals surface area contributed by atoms with Crippen molar-refractivity contribution < 1.29 is 9.53 Å². The lowest BCUT2D eigenvalue weighted by Gasteiger charge is -2.38. The Hall–Kier alpha value is -2.57. The summed E-state index contributed by atoms with van der Waals surface area (Å²) in [6, 6.07) is 16.7. The van der Waals surface area contributed by atoms with Crippen LogP contribution >= 0.6 is 11.3 Å². The van der Waals surface area contributed by atoms with E-state index >= 15 is 0 Å². The number of rotatable bonds is 5. The van der Waals surface area contributed by atoms with Crippen LogP contribution in [0.1, 0.15) is 27.0 Å². The van der Waals surface area contributed by atoms with Crippen LogP contribution in [0.25, 0.3) is 0 Å². The van der Waals surface area contributed by atoms with Crippen molar-refractivity contribution in [1.82, 2.24) is 14.4 Å². The van der Waals surface area contributed by atoms with E-state index in [9.17, 15) is 4.79 Å². The number of fused-ring (bicyclic) bond motifs is 3. The van der Waals surface area contributed by atoms with E-state index < -0.39 is 0 Å². The highest BCUT2D eigenvalue weighted by molar-refractivity contribution is 7.09. The molecule has 0 spiro atoms. The zero-order valence-electron chi connectivity index (χ0n) is 15.8. The Bertz CT molecular complexity index is 964. The maximum atomic E-state index is 13.2. The van der Waals surface area contributed by atoms with E-state index in [0.717, 1.165) is 36.6 Å². The molecule has 2 atom stereocenters. The predicted octanol–water partition coefficient (Wildman–Crippen LogP) is 3.64. The molecule has 0 saturated carbocycles. The number of amides is 1. The van der Waals surface area contributed by atoms with Crippen LogP contribution in [0, 0.1) is 0 Å². The Balaban J connectivity index is 1.42. The fourth-order valence-electron chi connectivity index (χ4n) is 4.46. The fraction of sp³-hybridized carbons (Fsp3) is 0.318. The van der Waals surface area contributed by atoms with Gasteiger partial charge in [-0.05, 0) is 41.3 Å². The third kappa shape index (κ3) is 3.02. The first-order valence-electron chi connectivity index (χ1n) is 9.58. The first-order valence-corrected chi connectivity index (χ1v) is 10.5. The summed E-state index contributed by atoms with van der Waals surface area (Å²) in [4.78, 5) is 19.2. The van der Waals surface area contributed by atoms with E-state index in [4.69, 9.17) is 4.74 Å². The molecule has 5 rings (SSSR count). The number of carbonyl (C=O) groups is 1. The maximum absolute atomic E-state index is 13.2. The molecule has 1 amide bonds. The standard InChI is InChI=1S/C22H23N3O2S/c1-27-17-8-6-16(7-9-17)12-25-21-15-23(13-18-4-3-11-28-18)14-20(21)24-10-2-5-19(24)22(25)26/h2-11,20-21H,12-15H2,1H3/t20-,21-/m1/s1. The summed E-state index contributed by atoms with van der Waals surface area (Å²) in [5.41, 5.74) is 1.93. The normalized spacial score (nSPS) is 21.6. The highest BCUT2D eigenvalue weighted by atomic mass is 32.1. The van der Waals surface area contributed by atoms with Gasteiger partial charge in [-0.25, -0.2) is 0 Å². The number of nitrogens with zero attached hydrogens (tertiary/aromatic N) is 3. The number of ether oxygens (including phenoxy) is 1. The molecule has 0 unspecified atom stereocenters. The minimum Gasteiger partial charge on any atom is -0.497 e. The minimum absolute atomic E-state index is 0.125. The zero-order chi connectivity index (χ0) is 19.1. The first-order chi connectivity index (χ1) is 13.7. The number of benzene rings is 1. The van der Waals surface area contributed by atoms with Gasteiger partial charge in [0.15, 0.2) is 0 Å². The number of thiophene rings is 1. The average Bonchev–Trinajstić information content (AvgIpc) is 3.46. The SMILES string of the molecule is COc1ccc(CN2C(=O)c3cccn3[C@@H]3CN(Cc4cccs4)C[C@H]32)cc1. The number of hydrogen-bond donors (Lipinski definition) is 0. The number of carbonyl (C=O) groups excluding carboxylic acids is 1. The molecule has 3 aromatic rings. The van der Waals surface area contributed by atoms with Crippen molar-refractivity contribution in [2.24, 2.45) is 0 Å². The van der Waals surface area contributed by atoms with Gasteiger partial charge < -0.3 is 14.2 Å². The highest BCUT2D eigenvalue weighted by Crippen LogP contribution is 2.35. The second-order valence-electron chi connectivity index (χ2n) is 7.49. The van der Waals surface area contributed by atoms with Gasteiger partial charge in [-0.1, -0.05) is 18.2 Å². The van der Waals surface area contributed by atoms with Crippen molar-refractivity contribution >= 4 is 17.2 Å². The molecule has 1 aromatic carbocycles. The first kappa shape index (κ1) is 17.5. The van der Waals surface area contributed by atoms with E-state index in [2.05, 4.69) is 38.1 Å². The van der Waals surface area contributed by atoms with Gasteiger partial charge in [0.1, 0.15) is 11.4 Å². The topological polar surface area (TPSA) is 37.7 Å². The molecule has 1 fully saturated rings. The fourth-order valence-corrected chi connectivity index (χ4v) is 5.20. The lowest BCUT2D eigenvalue weighted by atomic mass is 10.0. The van der Waals surface area contributed by atoms with Crippen LogP contribution in [-0.4, -0.2) is 46.5 Å². The Labute approximate surface area is 168 Å². The van der Waals surface area contributed by atoms with Gasteiger partial charge in [-0.2, -0.15) is 0 Å². The van der Waals surface area contributed by atoms with Crippen molar-refractivity contribution in [2.45, 2.75) is 25.2 Å². The molecule has 0 radical (unpaired) electrons. The summed E-state index contributed by atoms with van der Waals surface area (Å²) in [6.07, 6.45) is 2.06. The van der Waals surface area contributed by atoms with E-state index in [-0.39, 0.29) is 11.9 Å². The number of hydrogen-bond acceptors (Lipinski definition) is 4. The van der Waals surface area contributed by atoms with Crippen molar-refractivity contribution in [2.75, 3.05) is 20.2 Å². The molecule has 1 saturated heterocycles. The molecule has 2 aliphatic heterocycles. The number of likely N-dealkylation sites (tertiary alicyclic amines) is 1. The second kappa shape index (κ2) is 7.11. The summed E-state index contributed by atoms with van der Waals surface area (Å²) in [7, 11) is 1.67. The average molecular weight is 394 g/mol. The van der Waals surface area contributed by atoms with Crippen LogP contribution in [-0.2, 0) is 13.1 Å². The molecule has 6 heteroatoms. The van der Waals surface area contributed by atoms with Gasteiger partial charge in [0.2, 0.25) is 0 Å². The van der Waals surface area contributed by atoms with Gasteiger partial charge in [0.05, 0.1) is 19.2 Å². The third-order valence-corrected chi connectivity index (χ3v) is 6.68. The lowest BCUT2D eigenvalue weighted by molar-refractivity contribution is 0.0556. The van der Waals surface area contributed by atoms with Crippen LogP contribution in [0.2, 0.25) is 0 Å². The maximum Gasteiger partial charge on any atom is 0.271 e. The molecule has 2 aliphatic rings. The molecule has 5 nitrogen and oxygen atoms in total. The summed E-state index contributed by atoms with van der Waals surface area (Å²) >= 11 is 1.80. The summed E-state index contributed by atoms with van der Waals surface area (Å²) < 4.78 is 7.45. The number of aromatic nitrogens is 1. The summed E-state index contributed by atoms with van der Waals surface area (Å²) in [5, 5.41) is 2.13. The van der Waals surface area contributed by atoms with Crippen LogP contribution in [0.3, 0.4) is 0 Å². The molecule has 0 aliphatic carbocycles. The van der Waals surface area contributed by atoms with E-state index in [0.29, 0.717) is 12.6 Å². The smallest absolute Gasteiger partial charge is 0.271 e. The molecular weight excluding hydrogens is 370 g/mol. The Morgan fingerprint density at radius 3 is 2.61 bits per heavy atom. The monoisotopic (exact) mass is 393 g/mol. The van der Waals surface area contributed by atoms with Gasteiger partial charge >= 0.3 is 0 Å². The second-order valence-corrected chi connectivity index (χ2v) is 8.52. The van der Waals surface area contributed by atoms with Gasteiger partial charge in [0.25, 0.3) is 5.91 Å². The third-order valence-electron chi connectivity index (χ3n) is 5.82. The molecular formula is C22H23N3O2S.